The number of unbranched alkanes of at least 4 members (excludes halogenated alkanes) is 36. The highest BCUT2D eigenvalue weighted by Crippen LogP contribution is 2.33. The minimum absolute atomic E-state index is 0.235. The van der Waals surface area contributed by atoms with E-state index in [0.29, 0.717) is 49.4 Å². The zero-order chi connectivity index (χ0) is 58.4. The van der Waals surface area contributed by atoms with Crippen molar-refractivity contribution in [2.24, 2.45) is 15.6 Å². The molecule has 0 spiro atoms. The molecule has 0 heterocycles. The van der Waals surface area contributed by atoms with Crippen LogP contribution in [0, 0.1) is 5.41 Å². The van der Waals surface area contributed by atoms with Crippen molar-refractivity contribution in [1.82, 2.24) is 0 Å². The molecule has 14 nitrogen and oxygen atoms in total. The van der Waals surface area contributed by atoms with Gasteiger partial charge in [-0.25, -0.2) is 9.59 Å². The van der Waals surface area contributed by atoms with Gasteiger partial charge in [-0.05, 0) is 73.1 Å². The first-order valence-corrected chi connectivity index (χ1v) is 33.0. The molecule has 0 aliphatic heterocycles. The monoisotopic (exact) mass is 1130 g/mol. The summed E-state index contributed by atoms with van der Waals surface area (Å²) in [5.41, 5.74) is 18.0. The lowest BCUT2D eigenvalue weighted by Crippen LogP contribution is -2.40. The molecule has 0 N–H and O–H groups in total. The molecule has 2 aromatic carbocycles. The zero-order valence-corrected chi connectivity index (χ0v) is 51.9. The molecule has 14 heteroatoms. The molecule has 0 radical (unpaired) electrons. The van der Waals surface area contributed by atoms with Crippen LogP contribution in [0.4, 0.5) is 0 Å². The summed E-state index contributed by atoms with van der Waals surface area (Å²) in [6.07, 6.45) is 48.7. The Morgan fingerprint density at radius 3 is 0.840 bits per heavy atom. The molecule has 460 valence electrons. The van der Waals surface area contributed by atoms with Gasteiger partial charge < -0.3 is 28.4 Å². The highest BCUT2D eigenvalue weighted by atomic mass is 16.6. The van der Waals surface area contributed by atoms with Gasteiger partial charge >= 0.3 is 11.9 Å². The van der Waals surface area contributed by atoms with Crippen molar-refractivity contribution in [3.05, 3.63) is 68.4 Å². The topological polar surface area (TPSA) is 187 Å². The summed E-state index contributed by atoms with van der Waals surface area (Å²) in [4.78, 5) is 33.7. The Kier molecular flexibility index (Phi) is 46.4. The molecule has 0 bridgehead atoms. The summed E-state index contributed by atoms with van der Waals surface area (Å²) >= 11 is 0. The van der Waals surface area contributed by atoms with Gasteiger partial charge in [0.2, 0.25) is 0 Å². The summed E-state index contributed by atoms with van der Waals surface area (Å²) in [6, 6.07) is 10.1. The van der Waals surface area contributed by atoms with Crippen LogP contribution < -0.4 is 18.9 Å². The number of hydrogen-bond acceptors (Lipinski definition) is 10. The first-order chi connectivity index (χ1) is 39.9. The largest absolute Gasteiger partial charge is 0.490 e. The first-order valence-electron chi connectivity index (χ1n) is 33.0. The third-order valence-electron chi connectivity index (χ3n) is 15.3. The van der Waals surface area contributed by atoms with E-state index >= 15 is 0 Å². The molecule has 2 aromatic rings. The highest BCUT2D eigenvalue weighted by molar-refractivity contribution is 5.91. The van der Waals surface area contributed by atoms with Gasteiger partial charge in [0.05, 0.1) is 37.6 Å². The van der Waals surface area contributed by atoms with Crippen LogP contribution in [0.3, 0.4) is 0 Å². The predicted octanol–water partition coefficient (Wildman–Crippen LogP) is 21.5. The lowest BCUT2D eigenvalue weighted by molar-refractivity contribution is 0.000406. The SMILES string of the molecule is CCCCCCCCCCCCOc1ccc(C(=O)OCC(CN=[N+]=[N-])(CN=[N+]=[N-])COC(=O)c2ccc(OCCCCCCCCCCCC)c(OCCCCCCCCCCCC)c2)cc1OCCCCCCCCCCCC. The third-order valence-corrected chi connectivity index (χ3v) is 15.3. The number of hydrogen-bond donors (Lipinski definition) is 0. The molecular weight excluding hydrogens is 1020 g/mol. The summed E-state index contributed by atoms with van der Waals surface area (Å²) < 4.78 is 37.0. The van der Waals surface area contributed by atoms with Crippen LogP contribution in [0.2, 0.25) is 0 Å². The molecule has 0 aromatic heterocycles. The molecule has 0 aliphatic rings. The van der Waals surface area contributed by atoms with E-state index in [2.05, 4.69) is 47.7 Å². The van der Waals surface area contributed by atoms with E-state index in [9.17, 15) is 20.7 Å². The fourth-order valence-corrected chi connectivity index (χ4v) is 10.1. The van der Waals surface area contributed by atoms with E-state index < -0.39 is 17.4 Å². The highest BCUT2D eigenvalue weighted by Gasteiger charge is 2.34. The zero-order valence-electron chi connectivity index (χ0n) is 51.9. The van der Waals surface area contributed by atoms with Gasteiger partial charge in [0.25, 0.3) is 0 Å². The number of rotatable bonds is 58. The van der Waals surface area contributed by atoms with Crippen LogP contribution in [0.15, 0.2) is 46.6 Å². The Morgan fingerprint density at radius 1 is 0.358 bits per heavy atom. The van der Waals surface area contributed by atoms with E-state index in [4.69, 9.17) is 28.4 Å². The summed E-state index contributed by atoms with van der Waals surface area (Å²) in [6.45, 7) is 9.75. The molecule has 0 saturated carbocycles. The molecule has 81 heavy (non-hydrogen) atoms. The number of azide groups is 2. The van der Waals surface area contributed by atoms with E-state index in [1.54, 1.807) is 36.4 Å². The minimum atomic E-state index is -1.37. The lowest BCUT2D eigenvalue weighted by Gasteiger charge is -2.29. The van der Waals surface area contributed by atoms with Gasteiger partial charge in [0.15, 0.2) is 23.0 Å². The van der Waals surface area contributed by atoms with Gasteiger partial charge in [0, 0.05) is 28.3 Å². The van der Waals surface area contributed by atoms with Crippen LogP contribution >= 0.6 is 0 Å². The van der Waals surface area contributed by atoms with Crippen LogP contribution in [-0.4, -0.2) is 64.7 Å². The molecule has 0 aliphatic carbocycles. The molecule has 0 fully saturated rings. The molecule has 0 atom stereocenters. The second-order valence-corrected chi connectivity index (χ2v) is 22.9. The lowest BCUT2D eigenvalue weighted by atomic mass is 9.90. The second-order valence-electron chi connectivity index (χ2n) is 22.9. The number of benzene rings is 2. The Balaban J connectivity index is 2.17. The van der Waals surface area contributed by atoms with Gasteiger partial charge in [0.1, 0.15) is 13.2 Å². The maximum atomic E-state index is 13.9. The second kappa shape index (κ2) is 52.0. The standard InChI is InChI=1S/C67H114N6O8/c1-5-9-13-17-21-25-29-33-37-41-49-76-61-47-45-59(53-63(61)78-51-43-39-35-31-27-23-19-15-11-7-3)65(74)80-57-67(55-70-72-68,56-71-73-69)58-81-66(75)60-46-48-62(77-50-42-38-34-30-26-22-18-14-10-6-2)64(54-60)79-52-44-40-36-32-28-24-20-16-12-8-4/h45-48,53-54H,5-44,49-52,55-58H2,1-4H3. The van der Waals surface area contributed by atoms with E-state index in [0.717, 1.165) is 64.2 Å². The Labute approximate surface area is 492 Å². The average molecular weight is 1130 g/mol. The molecule has 0 amide bonds. The van der Waals surface area contributed by atoms with Crippen molar-refractivity contribution in [2.45, 2.75) is 285 Å². The maximum Gasteiger partial charge on any atom is 0.338 e. The minimum Gasteiger partial charge on any atom is -0.490 e. The summed E-state index contributed by atoms with van der Waals surface area (Å²) in [5, 5.41) is 7.58. The quantitative estimate of drug-likeness (QED) is 0.0206. The Bertz CT molecular complexity index is 1820. The number of nitrogens with zero attached hydrogens (tertiary/aromatic N) is 6. The Hall–Kier alpha value is -4.80. The number of esters is 2. The van der Waals surface area contributed by atoms with Crippen molar-refractivity contribution in [1.29, 1.82) is 0 Å². The number of carbonyl (C=O) groups is 2. The first kappa shape index (κ1) is 72.3. The number of carbonyl (C=O) groups excluding carboxylic acids is 2. The van der Waals surface area contributed by atoms with Crippen molar-refractivity contribution >= 4 is 11.9 Å². The average Bonchev–Trinajstić information content (AvgIpc) is 3.48. The van der Waals surface area contributed by atoms with Gasteiger partial charge in [-0.15, -0.1) is 0 Å². The van der Waals surface area contributed by atoms with E-state index in [-0.39, 0.29) is 37.4 Å². The van der Waals surface area contributed by atoms with Crippen molar-refractivity contribution in [3.63, 3.8) is 0 Å². The van der Waals surface area contributed by atoms with Gasteiger partial charge in [-0.2, -0.15) is 0 Å². The normalized spacial score (nSPS) is 11.2. The van der Waals surface area contributed by atoms with Gasteiger partial charge in [-0.1, -0.05) is 269 Å². The van der Waals surface area contributed by atoms with Crippen molar-refractivity contribution in [3.8, 4) is 23.0 Å². The maximum absolute atomic E-state index is 13.9. The fraction of sp³-hybridized carbons (Fsp3) is 0.791. The van der Waals surface area contributed by atoms with Crippen molar-refractivity contribution in [2.75, 3.05) is 52.7 Å². The molecular formula is C67H114N6O8. The van der Waals surface area contributed by atoms with Crippen LogP contribution in [-0.2, 0) is 9.47 Å². The van der Waals surface area contributed by atoms with E-state index in [1.807, 2.05) is 0 Å². The smallest absolute Gasteiger partial charge is 0.338 e. The Morgan fingerprint density at radius 2 is 0.593 bits per heavy atom. The fourth-order valence-electron chi connectivity index (χ4n) is 10.1. The van der Waals surface area contributed by atoms with Gasteiger partial charge in [-0.3, -0.25) is 0 Å². The molecule has 2 rings (SSSR count). The summed E-state index contributed by atoms with van der Waals surface area (Å²) in [7, 11) is 0. The molecule has 0 unspecified atom stereocenters. The summed E-state index contributed by atoms with van der Waals surface area (Å²) in [5.74, 6) is 0.744. The van der Waals surface area contributed by atoms with E-state index in [1.165, 1.54) is 193 Å². The van der Waals surface area contributed by atoms with Crippen LogP contribution in [0.25, 0.3) is 20.9 Å². The van der Waals surface area contributed by atoms with Crippen LogP contribution in [0.1, 0.15) is 305 Å². The van der Waals surface area contributed by atoms with Crippen molar-refractivity contribution < 1.29 is 38.0 Å². The molecule has 0 saturated heterocycles. The van der Waals surface area contributed by atoms with Crippen LogP contribution in [0.5, 0.6) is 23.0 Å². The number of ether oxygens (including phenoxy) is 6. The predicted molar refractivity (Wildman–Crippen MR) is 333 cm³/mol. The third kappa shape index (κ3) is 37.8.